The first kappa shape index (κ1) is 19.6. The van der Waals surface area contributed by atoms with Crippen LogP contribution in [0.5, 0.6) is 5.75 Å². The number of nitrogens with one attached hydrogen (secondary N) is 1. The van der Waals surface area contributed by atoms with Gasteiger partial charge in [0.05, 0.1) is 6.54 Å². The molecule has 3 N–H and O–H groups in total. The summed E-state index contributed by atoms with van der Waals surface area (Å²) in [6, 6.07) is 18.4. The SMILES string of the molecule is I.NC(=NCC1CCC1)NCCOc1ccccc1-c1ccccc1. The molecule has 0 aliphatic heterocycles. The molecule has 0 unspecified atom stereocenters. The summed E-state index contributed by atoms with van der Waals surface area (Å²) in [4.78, 5) is 4.38. The van der Waals surface area contributed by atoms with Crippen LogP contribution in [0.1, 0.15) is 19.3 Å². The number of para-hydroxylation sites is 1. The van der Waals surface area contributed by atoms with E-state index >= 15 is 0 Å². The van der Waals surface area contributed by atoms with Crippen molar-refractivity contribution in [1.82, 2.24) is 5.32 Å². The Morgan fingerprint density at radius 1 is 1.08 bits per heavy atom. The van der Waals surface area contributed by atoms with Crippen LogP contribution < -0.4 is 15.8 Å². The summed E-state index contributed by atoms with van der Waals surface area (Å²) < 4.78 is 5.93. The third-order valence-corrected chi connectivity index (χ3v) is 4.38. The maximum Gasteiger partial charge on any atom is 0.188 e. The Morgan fingerprint density at radius 2 is 1.80 bits per heavy atom. The lowest BCUT2D eigenvalue weighted by Gasteiger charge is -2.23. The first-order chi connectivity index (χ1) is 11.8. The average Bonchev–Trinajstić information content (AvgIpc) is 2.58. The van der Waals surface area contributed by atoms with Crippen molar-refractivity contribution in [2.24, 2.45) is 16.6 Å². The number of nitrogens with zero attached hydrogens (tertiary/aromatic N) is 1. The van der Waals surface area contributed by atoms with Crippen LogP contribution in [0.15, 0.2) is 59.6 Å². The van der Waals surface area contributed by atoms with Crippen LogP contribution in [-0.4, -0.2) is 25.7 Å². The van der Waals surface area contributed by atoms with E-state index in [4.69, 9.17) is 10.5 Å². The molecule has 0 bridgehead atoms. The summed E-state index contributed by atoms with van der Waals surface area (Å²) in [7, 11) is 0. The molecule has 134 valence electrons. The molecule has 1 aliphatic rings. The highest BCUT2D eigenvalue weighted by molar-refractivity contribution is 14.0. The molecule has 2 aromatic rings. The minimum absolute atomic E-state index is 0. The number of nitrogens with two attached hydrogens (primary N) is 1. The van der Waals surface area contributed by atoms with Crippen LogP contribution in [0.25, 0.3) is 11.1 Å². The second-order valence-electron chi connectivity index (χ2n) is 6.16. The van der Waals surface area contributed by atoms with Gasteiger partial charge >= 0.3 is 0 Å². The summed E-state index contributed by atoms with van der Waals surface area (Å²) in [6.07, 6.45) is 3.91. The molecule has 5 heteroatoms. The van der Waals surface area contributed by atoms with Gasteiger partial charge in [-0.15, -0.1) is 24.0 Å². The van der Waals surface area contributed by atoms with Crippen LogP contribution in [0.4, 0.5) is 0 Å². The Morgan fingerprint density at radius 3 is 2.52 bits per heavy atom. The molecule has 1 fully saturated rings. The molecule has 2 aromatic carbocycles. The largest absolute Gasteiger partial charge is 0.491 e. The van der Waals surface area contributed by atoms with Crippen LogP contribution in [0.2, 0.25) is 0 Å². The number of benzene rings is 2. The van der Waals surface area contributed by atoms with Crippen molar-refractivity contribution in [1.29, 1.82) is 0 Å². The lowest BCUT2D eigenvalue weighted by molar-refractivity contribution is 0.321. The fourth-order valence-electron chi connectivity index (χ4n) is 2.75. The zero-order valence-corrected chi connectivity index (χ0v) is 16.7. The van der Waals surface area contributed by atoms with Crippen LogP contribution in [0.3, 0.4) is 0 Å². The number of halogens is 1. The zero-order valence-electron chi connectivity index (χ0n) is 14.4. The van der Waals surface area contributed by atoms with E-state index in [0.717, 1.165) is 29.3 Å². The monoisotopic (exact) mass is 451 g/mol. The predicted octanol–water partition coefficient (Wildman–Crippen LogP) is 4.05. The number of hydrogen-bond donors (Lipinski definition) is 2. The zero-order chi connectivity index (χ0) is 16.6. The van der Waals surface area contributed by atoms with E-state index in [9.17, 15) is 0 Å². The van der Waals surface area contributed by atoms with Gasteiger partial charge in [0.2, 0.25) is 0 Å². The first-order valence-electron chi connectivity index (χ1n) is 8.64. The summed E-state index contributed by atoms with van der Waals surface area (Å²) in [5, 5.41) is 3.12. The molecule has 3 rings (SSSR count). The first-order valence-corrected chi connectivity index (χ1v) is 8.64. The lowest BCUT2D eigenvalue weighted by Crippen LogP contribution is -2.35. The van der Waals surface area contributed by atoms with Crippen molar-refractivity contribution in [2.75, 3.05) is 19.7 Å². The fourth-order valence-corrected chi connectivity index (χ4v) is 2.75. The predicted molar refractivity (Wildman–Crippen MR) is 115 cm³/mol. The minimum atomic E-state index is 0. The topological polar surface area (TPSA) is 59.6 Å². The van der Waals surface area contributed by atoms with Crippen molar-refractivity contribution in [3.8, 4) is 16.9 Å². The van der Waals surface area contributed by atoms with Gasteiger partial charge in [0.25, 0.3) is 0 Å². The fraction of sp³-hybridized carbons (Fsp3) is 0.350. The molecule has 0 aromatic heterocycles. The Kier molecular flexibility index (Phi) is 8.04. The van der Waals surface area contributed by atoms with E-state index < -0.39 is 0 Å². The van der Waals surface area contributed by atoms with Crippen LogP contribution in [-0.2, 0) is 0 Å². The van der Waals surface area contributed by atoms with E-state index in [1.807, 2.05) is 36.4 Å². The van der Waals surface area contributed by atoms with Gasteiger partial charge in [0, 0.05) is 12.1 Å². The van der Waals surface area contributed by atoms with Gasteiger partial charge in [-0.2, -0.15) is 0 Å². The van der Waals surface area contributed by atoms with Crippen LogP contribution in [0, 0.1) is 5.92 Å². The van der Waals surface area contributed by atoms with E-state index in [1.165, 1.54) is 19.3 Å². The number of aliphatic imine (C=N–C) groups is 1. The normalized spacial score (nSPS) is 14.3. The molecule has 0 radical (unpaired) electrons. The molecule has 0 spiro atoms. The molecule has 1 aliphatic carbocycles. The van der Waals surface area contributed by atoms with Gasteiger partial charge in [-0.3, -0.25) is 4.99 Å². The van der Waals surface area contributed by atoms with Crippen molar-refractivity contribution < 1.29 is 4.74 Å². The molecular weight excluding hydrogens is 425 g/mol. The smallest absolute Gasteiger partial charge is 0.188 e. The third kappa shape index (κ3) is 5.92. The summed E-state index contributed by atoms with van der Waals surface area (Å²) in [5.74, 6) is 2.14. The highest BCUT2D eigenvalue weighted by Crippen LogP contribution is 2.29. The van der Waals surface area contributed by atoms with E-state index in [2.05, 4.69) is 28.5 Å². The van der Waals surface area contributed by atoms with Crippen molar-refractivity contribution in [2.45, 2.75) is 19.3 Å². The van der Waals surface area contributed by atoms with Crippen molar-refractivity contribution >= 4 is 29.9 Å². The number of hydrogen-bond acceptors (Lipinski definition) is 2. The molecule has 0 atom stereocenters. The molecular formula is C20H26IN3O. The quantitative estimate of drug-likeness (QED) is 0.289. The van der Waals surface area contributed by atoms with Gasteiger partial charge in [-0.1, -0.05) is 55.0 Å². The van der Waals surface area contributed by atoms with Gasteiger partial charge < -0.3 is 15.8 Å². The summed E-state index contributed by atoms with van der Waals surface area (Å²) >= 11 is 0. The number of guanidine groups is 1. The maximum atomic E-state index is 5.93. The van der Waals surface area contributed by atoms with Gasteiger partial charge in [-0.05, 0) is 30.4 Å². The Balaban J connectivity index is 0.00000225. The minimum Gasteiger partial charge on any atom is -0.491 e. The standard InChI is InChI=1S/C20H25N3O.HI/c21-20(23-15-16-7-6-8-16)22-13-14-24-19-12-5-4-11-18(19)17-9-2-1-3-10-17;/h1-5,9-12,16H,6-8,13-15H2,(H3,21,22,23);1H. The molecule has 0 saturated heterocycles. The van der Waals surface area contributed by atoms with Gasteiger partial charge in [0.15, 0.2) is 5.96 Å². The Bertz CT molecular complexity index is 672. The van der Waals surface area contributed by atoms with Gasteiger partial charge in [-0.25, -0.2) is 0 Å². The van der Waals surface area contributed by atoms with Gasteiger partial charge in [0.1, 0.15) is 12.4 Å². The van der Waals surface area contributed by atoms with E-state index in [-0.39, 0.29) is 24.0 Å². The highest BCUT2D eigenvalue weighted by atomic mass is 127. The molecule has 4 nitrogen and oxygen atoms in total. The number of rotatable bonds is 7. The second-order valence-corrected chi connectivity index (χ2v) is 6.16. The Hall–Kier alpha value is -1.76. The summed E-state index contributed by atoms with van der Waals surface area (Å²) in [5.41, 5.74) is 8.14. The molecule has 0 heterocycles. The van der Waals surface area contributed by atoms with Crippen molar-refractivity contribution in [3.05, 3.63) is 54.6 Å². The average molecular weight is 451 g/mol. The van der Waals surface area contributed by atoms with Crippen LogP contribution >= 0.6 is 24.0 Å². The third-order valence-electron chi connectivity index (χ3n) is 4.38. The molecule has 1 saturated carbocycles. The van der Waals surface area contributed by atoms with E-state index in [0.29, 0.717) is 19.1 Å². The number of ether oxygens (including phenoxy) is 1. The second kappa shape index (κ2) is 10.3. The molecule has 25 heavy (non-hydrogen) atoms. The lowest BCUT2D eigenvalue weighted by atomic mass is 9.86. The summed E-state index contributed by atoms with van der Waals surface area (Å²) in [6.45, 7) is 2.03. The van der Waals surface area contributed by atoms with Crippen molar-refractivity contribution in [3.63, 3.8) is 0 Å². The Labute approximate surface area is 166 Å². The highest BCUT2D eigenvalue weighted by Gasteiger charge is 2.16. The van der Waals surface area contributed by atoms with E-state index in [1.54, 1.807) is 0 Å². The molecule has 0 amide bonds. The maximum absolute atomic E-state index is 5.93.